The van der Waals surface area contributed by atoms with Gasteiger partial charge in [-0.1, -0.05) is 51.1 Å². The van der Waals surface area contributed by atoms with Gasteiger partial charge in [0.2, 0.25) is 0 Å². The Morgan fingerprint density at radius 2 is 1.76 bits per heavy atom. The zero-order valence-corrected chi connectivity index (χ0v) is 13.6. The largest absolute Gasteiger partial charge is 0.313 e. The lowest BCUT2D eigenvalue weighted by atomic mass is 9.86. The molecule has 2 rings (SSSR count). The van der Waals surface area contributed by atoms with E-state index in [2.05, 4.69) is 67.5 Å². The number of hydrogen-bond donors (Lipinski definition) is 1. The Kier molecular flexibility index (Phi) is 5.13. The molecule has 1 aromatic heterocycles. The quantitative estimate of drug-likeness (QED) is 0.885. The number of nitrogens with one attached hydrogen (secondary N) is 1. The number of benzene rings is 1. The van der Waals surface area contributed by atoms with E-state index in [1.165, 1.54) is 11.1 Å². The van der Waals surface area contributed by atoms with Crippen LogP contribution in [0.1, 0.15) is 50.1 Å². The van der Waals surface area contributed by atoms with Crippen LogP contribution in [-0.2, 0) is 11.8 Å². The summed E-state index contributed by atoms with van der Waals surface area (Å²) in [5, 5.41) is 3.42. The van der Waals surface area contributed by atoms with Crippen LogP contribution in [0.2, 0.25) is 0 Å². The zero-order valence-electron chi connectivity index (χ0n) is 13.6. The van der Waals surface area contributed by atoms with Crippen LogP contribution in [0, 0.1) is 0 Å². The second kappa shape index (κ2) is 6.86. The second-order valence-corrected chi connectivity index (χ2v) is 6.57. The van der Waals surface area contributed by atoms with Crippen LogP contribution in [0.3, 0.4) is 0 Å². The Balaban J connectivity index is 2.04. The molecule has 0 aliphatic heterocycles. The summed E-state index contributed by atoms with van der Waals surface area (Å²) in [5.74, 6) is 0. The van der Waals surface area contributed by atoms with Gasteiger partial charge in [0, 0.05) is 17.9 Å². The molecule has 0 saturated carbocycles. The van der Waals surface area contributed by atoms with Crippen LogP contribution in [0.4, 0.5) is 0 Å². The maximum Gasteiger partial charge on any atom is 0.0404 e. The lowest BCUT2D eigenvalue weighted by Crippen LogP contribution is -2.18. The highest BCUT2D eigenvalue weighted by molar-refractivity contribution is 5.29. The van der Waals surface area contributed by atoms with Crippen molar-refractivity contribution in [2.75, 3.05) is 7.05 Å². The molecule has 112 valence electrons. The van der Waals surface area contributed by atoms with Crippen LogP contribution in [-0.4, -0.2) is 12.0 Å². The number of aryl methyl sites for hydroxylation is 1. The third kappa shape index (κ3) is 4.40. The van der Waals surface area contributed by atoms with E-state index in [9.17, 15) is 0 Å². The highest BCUT2D eigenvalue weighted by atomic mass is 14.9. The highest BCUT2D eigenvalue weighted by Crippen LogP contribution is 2.25. The first-order valence-corrected chi connectivity index (χ1v) is 7.68. The van der Waals surface area contributed by atoms with E-state index in [1.54, 1.807) is 0 Å². The normalized spacial score (nSPS) is 13.1. The Morgan fingerprint density at radius 1 is 1.05 bits per heavy atom. The van der Waals surface area contributed by atoms with Crippen molar-refractivity contribution in [3.05, 3.63) is 65.5 Å². The Hall–Kier alpha value is -1.67. The average molecular weight is 282 g/mol. The minimum atomic E-state index is 0.210. The number of hydrogen-bond acceptors (Lipinski definition) is 2. The zero-order chi connectivity index (χ0) is 15.3. The fraction of sp³-hybridized carbons (Fsp3) is 0.421. The number of aromatic nitrogens is 1. The van der Waals surface area contributed by atoms with Crippen molar-refractivity contribution in [1.82, 2.24) is 10.3 Å². The van der Waals surface area contributed by atoms with Gasteiger partial charge in [-0.05, 0) is 48.6 Å². The summed E-state index contributed by atoms with van der Waals surface area (Å²) < 4.78 is 0. The SMILES string of the molecule is CNC(CCc1ccccn1)c1ccc(C(C)(C)C)cc1. The van der Waals surface area contributed by atoms with Gasteiger partial charge in [-0.2, -0.15) is 0 Å². The van der Waals surface area contributed by atoms with Gasteiger partial charge in [-0.15, -0.1) is 0 Å². The molecular weight excluding hydrogens is 256 g/mol. The topological polar surface area (TPSA) is 24.9 Å². The van der Waals surface area contributed by atoms with Crippen LogP contribution < -0.4 is 5.32 Å². The van der Waals surface area contributed by atoms with E-state index in [1.807, 2.05) is 19.3 Å². The van der Waals surface area contributed by atoms with Crippen molar-refractivity contribution in [3.63, 3.8) is 0 Å². The summed E-state index contributed by atoms with van der Waals surface area (Å²) in [6.45, 7) is 6.75. The van der Waals surface area contributed by atoms with Gasteiger partial charge in [0.05, 0.1) is 0 Å². The third-order valence-electron chi connectivity index (χ3n) is 3.94. The molecule has 2 heteroatoms. The predicted molar refractivity (Wildman–Crippen MR) is 89.5 cm³/mol. The molecule has 21 heavy (non-hydrogen) atoms. The van der Waals surface area contributed by atoms with Gasteiger partial charge in [0.1, 0.15) is 0 Å². The molecule has 1 atom stereocenters. The van der Waals surface area contributed by atoms with Gasteiger partial charge in [-0.3, -0.25) is 4.98 Å². The second-order valence-electron chi connectivity index (χ2n) is 6.57. The summed E-state index contributed by atoms with van der Waals surface area (Å²) in [6, 6.07) is 15.5. The van der Waals surface area contributed by atoms with Gasteiger partial charge in [0.25, 0.3) is 0 Å². The first-order chi connectivity index (χ1) is 10.0. The molecule has 0 aliphatic rings. The van der Waals surface area contributed by atoms with Crippen molar-refractivity contribution >= 4 is 0 Å². The third-order valence-corrected chi connectivity index (χ3v) is 3.94. The Bertz CT molecular complexity index is 538. The number of nitrogens with zero attached hydrogens (tertiary/aromatic N) is 1. The maximum absolute atomic E-state index is 4.40. The maximum atomic E-state index is 4.40. The van der Waals surface area contributed by atoms with E-state index in [0.717, 1.165) is 18.5 Å². The first-order valence-electron chi connectivity index (χ1n) is 7.68. The lowest BCUT2D eigenvalue weighted by Gasteiger charge is -2.21. The van der Waals surface area contributed by atoms with Crippen molar-refractivity contribution in [1.29, 1.82) is 0 Å². The van der Waals surface area contributed by atoms with Crippen molar-refractivity contribution in [2.24, 2.45) is 0 Å². The molecule has 0 fully saturated rings. The molecule has 1 heterocycles. The van der Waals surface area contributed by atoms with Crippen molar-refractivity contribution < 1.29 is 0 Å². The summed E-state index contributed by atoms with van der Waals surface area (Å²) in [7, 11) is 2.03. The summed E-state index contributed by atoms with van der Waals surface area (Å²) >= 11 is 0. The molecule has 0 amide bonds. The average Bonchev–Trinajstić information content (AvgIpc) is 2.48. The molecule has 0 spiro atoms. The summed E-state index contributed by atoms with van der Waals surface area (Å²) in [6.07, 6.45) is 3.91. The minimum Gasteiger partial charge on any atom is -0.313 e. The Labute approximate surface area is 128 Å². The Morgan fingerprint density at radius 3 is 2.29 bits per heavy atom. The van der Waals surface area contributed by atoms with Crippen LogP contribution in [0.25, 0.3) is 0 Å². The fourth-order valence-corrected chi connectivity index (χ4v) is 2.53. The molecule has 2 nitrogen and oxygen atoms in total. The summed E-state index contributed by atoms with van der Waals surface area (Å²) in [4.78, 5) is 4.40. The lowest BCUT2D eigenvalue weighted by molar-refractivity contribution is 0.543. The number of pyridine rings is 1. The molecule has 0 saturated heterocycles. The van der Waals surface area contributed by atoms with Crippen molar-refractivity contribution in [2.45, 2.75) is 45.1 Å². The van der Waals surface area contributed by atoms with E-state index < -0.39 is 0 Å². The van der Waals surface area contributed by atoms with Gasteiger partial charge >= 0.3 is 0 Å². The van der Waals surface area contributed by atoms with E-state index in [4.69, 9.17) is 0 Å². The molecule has 1 aromatic carbocycles. The predicted octanol–water partition coefficient (Wildman–Crippen LogP) is 4.27. The van der Waals surface area contributed by atoms with Crippen LogP contribution in [0.5, 0.6) is 0 Å². The van der Waals surface area contributed by atoms with Crippen molar-refractivity contribution in [3.8, 4) is 0 Å². The molecular formula is C19H26N2. The van der Waals surface area contributed by atoms with E-state index >= 15 is 0 Å². The molecule has 1 unspecified atom stereocenters. The molecule has 0 radical (unpaired) electrons. The monoisotopic (exact) mass is 282 g/mol. The van der Waals surface area contributed by atoms with Gasteiger partial charge in [0.15, 0.2) is 0 Å². The molecule has 0 bridgehead atoms. The molecule has 1 N–H and O–H groups in total. The van der Waals surface area contributed by atoms with Crippen LogP contribution in [0.15, 0.2) is 48.7 Å². The van der Waals surface area contributed by atoms with Gasteiger partial charge < -0.3 is 5.32 Å². The number of rotatable bonds is 5. The highest BCUT2D eigenvalue weighted by Gasteiger charge is 2.15. The minimum absolute atomic E-state index is 0.210. The van der Waals surface area contributed by atoms with E-state index in [-0.39, 0.29) is 5.41 Å². The van der Waals surface area contributed by atoms with Gasteiger partial charge in [-0.25, -0.2) is 0 Å². The van der Waals surface area contributed by atoms with Crippen LogP contribution >= 0.6 is 0 Å². The summed E-state index contributed by atoms with van der Waals surface area (Å²) in [5.41, 5.74) is 4.10. The van der Waals surface area contributed by atoms with E-state index in [0.29, 0.717) is 6.04 Å². The standard InChI is InChI=1S/C19H26N2/c1-19(2,3)16-10-8-15(9-11-16)18(20-4)13-12-17-7-5-6-14-21-17/h5-11,14,18,20H,12-13H2,1-4H3. The first kappa shape index (κ1) is 15.7. The fourth-order valence-electron chi connectivity index (χ4n) is 2.53. The smallest absolute Gasteiger partial charge is 0.0404 e. The molecule has 0 aliphatic carbocycles. The molecule has 2 aromatic rings.